The molecule has 9 heteroatoms. The number of amides is 2. The summed E-state index contributed by atoms with van der Waals surface area (Å²) in [5.41, 5.74) is 1.36. The molecule has 2 aromatic carbocycles. The van der Waals surface area contributed by atoms with Gasteiger partial charge in [-0.1, -0.05) is 19.1 Å². The Bertz CT molecular complexity index is 908. The van der Waals surface area contributed by atoms with Gasteiger partial charge in [-0.15, -0.1) is 0 Å². The highest BCUT2D eigenvalue weighted by atomic mass is 79.9. The van der Waals surface area contributed by atoms with Crippen LogP contribution in [0.4, 0.5) is 5.69 Å². The number of rotatable bonds is 9. The van der Waals surface area contributed by atoms with E-state index in [1.807, 2.05) is 6.92 Å². The zero-order chi connectivity index (χ0) is 21.9. The van der Waals surface area contributed by atoms with Gasteiger partial charge in [0, 0.05) is 19.2 Å². The molecule has 30 heavy (non-hydrogen) atoms. The Kier molecular flexibility index (Phi) is 9.72. The number of methoxy groups -OCH3 is 1. The number of para-hydroxylation sites is 1. The molecule has 0 atom stereocenters. The molecule has 0 aliphatic heterocycles. The van der Waals surface area contributed by atoms with Gasteiger partial charge in [-0.05, 0) is 64.9 Å². The number of hydrogen-bond donors (Lipinski definition) is 3. The lowest BCUT2D eigenvalue weighted by molar-refractivity contribution is 0.0952. The van der Waals surface area contributed by atoms with Crippen molar-refractivity contribution in [2.45, 2.75) is 13.3 Å². The van der Waals surface area contributed by atoms with E-state index in [0.717, 1.165) is 6.42 Å². The number of hydrogen-bond acceptors (Lipinski definition) is 5. The summed E-state index contributed by atoms with van der Waals surface area (Å²) < 4.78 is 11.1. The molecule has 2 amide bonds. The van der Waals surface area contributed by atoms with Crippen molar-refractivity contribution in [1.29, 1.82) is 0 Å². The summed E-state index contributed by atoms with van der Waals surface area (Å²) in [6, 6.07) is 11.9. The average molecular weight is 494 g/mol. The predicted octanol–water partition coefficient (Wildman–Crippen LogP) is 3.74. The molecule has 7 nitrogen and oxygen atoms in total. The second kappa shape index (κ2) is 12.3. The summed E-state index contributed by atoms with van der Waals surface area (Å²) in [7, 11) is 1.60. The standard InChI is InChI=1S/C21H24BrN3O4S/c1-3-10-23-20(27)15-6-4-5-7-17(15)24-21(30)25-19(26)14-8-9-18(16(22)13-14)29-12-11-28-2/h4-9,13H,3,10-12H2,1-2H3,(H,23,27)(H2,24,25,26,30). The van der Waals surface area contributed by atoms with Gasteiger partial charge in [0.25, 0.3) is 11.8 Å². The van der Waals surface area contributed by atoms with Crippen molar-refractivity contribution in [2.24, 2.45) is 0 Å². The third kappa shape index (κ3) is 7.08. The number of benzene rings is 2. The minimum Gasteiger partial charge on any atom is -0.490 e. The first kappa shape index (κ1) is 23.8. The Morgan fingerprint density at radius 3 is 2.57 bits per heavy atom. The first-order chi connectivity index (χ1) is 14.5. The smallest absolute Gasteiger partial charge is 0.257 e. The van der Waals surface area contributed by atoms with Gasteiger partial charge in [0.05, 0.1) is 22.3 Å². The van der Waals surface area contributed by atoms with E-state index in [1.54, 1.807) is 49.6 Å². The highest BCUT2D eigenvalue weighted by molar-refractivity contribution is 9.10. The van der Waals surface area contributed by atoms with Crippen LogP contribution < -0.4 is 20.7 Å². The number of anilines is 1. The van der Waals surface area contributed by atoms with E-state index in [9.17, 15) is 9.59 Å². The molecule has 0 fully saturated rings. The van der Waals surface area contributed by atoms with Crippen LogP contribution in [0.5, 0.6) is 5.75 Å². The minimum atomic E-state index is -0.385. The maximum absolute atomic E-state index is 12.5. The van der Waals surface area contributed by atoms with Gasteiger partial charge in [-0.25, -0.2) is 0 Å². The number of thiocarbonyl (C=S) groups is 1. The Morgan fingerprint density at radius 1 is 1.10 bits per heavy atom. The maximum atomic E-state index is 12.5. The molecular weight excluding hydrogens is 470 g/mol. The second-order valence-corrected chi connectivity index (χ2v) is 7.46. The van der Waals surface area contributed by atoms with Crippen molar-refractivity contribution in [3.05, 3.63) is 58.1 Å². The van der Waals surface area contributed by atoms with E-state index >= 15 is 0 Å². The SMILES string of the molecule is CCCNC(=O)c1ccccc1NC(=S)NC(=O)c1ccc(OCCOC)c(Br)c1. The molecule has 3 N–H and O–H groups in total. The van der Waals surface area contributed by atoms with E-state index < -0.39 is 0 Å². The predicted molar refractivity (Wildman–Crippen MR) is 124 cm³/mol. The summed E-state index contributed by atoms with van der Waals surface area (Å²) in [6.45, 7) is 3.42. The van der Waals surface area contributed by atoms with Gasteiger partial charge in [-0.2, -0.15) is 0 Å². The Labute approximate surface area is 189 Å². The quantitative estimate of drug-likeness (QED) is 0.364. The van der Waals surface area contributed by atoms with Crippen LogP contribution in [0.2, 0.25) is 0 Å². The van der Waals surface area contributed by atoms with Crippen LogP contribution in [0.3, 0.4) is 0 Å². The molecule has 2 aromatic rings. The van der Waals surface area contributed by atoms with Gasteiger partial charge >= 0.3 is 0 Å². The summed E-state index contributed by atoms with van der Waals surface area (Å²) >= 11 is 8.65. The van der Waals surface area contributed by atoms with Gasteiger partial charge < -0.3 is 20.1 Å². The molecule has 2 rings (SSSR count). The molecule has 160 valence electrons. The van der Waals surface area contributed by atoms with Crippen molar-refractivity contribution < 1.29 is 19.1 Å². The largest absolute Gasteiger partial charge is 0.490 e. The monoisotopic (exact) mass is 493 g/mol. The summed E-state index contributed by atoms with van der Waals surface area (Å²) in [6.07, 6.45) is 0.835. The normalized spacial score (nSPS) is 10.2. The van der Waals surface area contributed by atoms with Crippen LogP contribution >= 0.6 is 28.1 Å². The van der Waals surface area contributed by atoms with Crippen molar-refractivity contribution in [2.75, 3.05) is 32.2 Å². The maximum Gasteiger partial charge on any atom is 0.257 e. The lowest BCUT2D eigenvalue weighted by atomic mass is 10.1. The van der Waals surface area contributed by atoms with E-state index in [-0.39, 0.29) is 16.9 Å². The van der Waals surface area contributed by atoms with Crippen LogP contribution in [-0.2, 0) is 4.74 Å². The first-order valence-corrected chi connectivity index (χ1v) is 10.6. The highest BCUT2D eigenvalue weighted by Gasteiger charge is 2.14. The van der Waals surface area contributed by atoms with Crippen LogP contribution in [0.15, 0.2) is 46.9 Å². The molecule has 0 radical (unpaired) electrons. The van der Waals surface area contributed by atoms with E-state index in [2.05, 4.69) is 31.9 Å². The van der Waals surface area contributed by atoms with Gasteiger partial charge in [-0.3, -0.25) is 14.9 Å². The van der Waals surface area contributed by atoms with Crippen molar-refractivity contribution in [3.63, 3.8) is 0 Å². The first-order valence-electron chi connectivity index (χ1n) is 9.37. The molecule has 0 aliphatic carbocycles. The molecule has 0 saturated carbocycles. The summed E-state index contributed by atoms with van der Waals surface area (Å²) in [4.78, 5) is 24.8. The third-order valence-corrected chi connectivity index (χ3v) is 4.75. The lowest BCUT2D eigenvalue weighted by Gasteiger charge is -2.14. The number of halogens is 1. The molecule has 0 unspecified atom stereocenters. The topological polar surface area (TPSA) is 88.7 Å². The van der Waals surface area contributed by atoms with Crippen molar-refractivity contribution in [3.8, 4) is 5.75 Å². The van der Waals surface area contributed by atoms with Gasteiger partial charge in [0.2, 0.25) is 0 Å². The summed E-state index contributed by atoms with van der Waals surface area (Å²) in [5.74, 6) is 0.0166. The minimum absolute atomic E-state index is 0.0901. The van der Waals surface area contributed by atoms with Crippen molar-refractivity contribution in [1.82, 2.24) is 10.6 Å². The highest BCUT2D eigenvalue weighted by Crippen LogP contribution is 2.26. The Morgan fingerprint density at radius 2 is 1.87 bits per heavy atom. The molecular formula is C21H24BrN3O4S. The fourth-order valence-corrected chi connectivity index (χ4v) is 3.14. The number of carbonyl (C=O) groups is 2. The fourth-order valence-electron chi connectivity index (χ4n) is 2.45. The molecule has 0 heterocycles. The molecule has 0 saturated heterocycles. The van der Waals surface area contributed by atoms with E-state index in [4.69, 9.17) is 21.7 Å². The number of ether oxygens (including phenoxy) is 2. The lowest BCUT2D eigenvalue weighted by Crippen LogP contribution is -2.35. The zero-order valence-electron chi connectivity index (χ0n) is 16.8. The molecule has 0 spiro atoms. The van der Waals surface area contributed by atoms with Crippen LogP contribution in [-0.4, -0.2) is 43.8 Å². The number of nitrogens with one attached hydrogen (secondary N) is 3. The zero-order valence-corrected chi connectivity index (χ0v) is 19.2. The number of carbonyl (C=O) groups excluding carboxylic acids is 2. The van der Waals surface area contributed by atoms with E-state index in [1.165, 1.54) is 0 Å². The average Bonchev–Trinajstić information content (AvgIpc) is 2.73. The van der Waals surface area contributed by atoms with Gasteiger partial charge in [0.15, 0.2) is 5.11 Å². The van der Waals surface area contributed by atoms with Crippen LogP contribution in [0.1, 0.15) is 34.1 Å². The second-order valence-electron chi connectivity index (χ2n) is 6.20. The molecule has 0 aliphatic rings. The third-order valence-electron chi connectivity index (χ3n) is 3.92. The molecule has 0 bridgehead atoms. The summed E-state index contributed by atoms with van der Waals surface area (Å²) in [5, 5.41) is 8.45. The van der Waals surface area contributed by atoms with E-state index in [0.29, 0.717) is 46.8 Å². The Hall–Kier alpha value is -2.49. The fraction of sp³-hybridized carbons (Fsp3) is 0.286. The Balaban J connectivity index is 2.01. The van der Waals surface area contributed by atoms with Crippen LogP contribution in [0.25, 0.3) is 0 Å². The van der Waals surface area contributed by atoms with Crippen molar-refractivity contribution >= 4 is 50.8 Å². The van der Waals surface area contributed by atoms with Gasteiger partial charge in [0.1, 0.15) is 12.4 Å². The molecule has 0 aromatic heterocycles. The van der Waals surface area contributed by atoms with Crippen LogP contribution in [0, 0.1) is 0 Å².